The predicted molar refractivity (Wildman–Crippen MR) is 68.4 cm³/mol. The minimum absolute atomic E-state index is 0.288. The highest BCUT2D eigenvalue weighted by Crippen LogP contribution is 2.21. The number of hydrogen-bond donors (Lipinski definition) is 0. The summed E-state index contributed by atoms with van der Waals surface area (Å²) >= 11 is 0. The van der Waals surface area contributed by atoms with Crippen LogP contribution in [0.3, 0.4) is 0 Å². The molecule has 1 aliphatic rings. The van der Waals surface area contributed by atoms with Crippen molar-refractivity contribution < 1.29 is 9.13 Å². The number of halogens is 1. The summed E-state index contributed by atoms with van der Waals surface area (Å²) in [5, 5.41) is 8.33. The quantitative estimate of drug-likeness (QED) is 0.852. The molecule has 0 radical (unpaired) electrons. The Hall–Kier alpha value is -1.91. The topological polar surface area (TPSA) is 39.9 Å². The summed E-state index contributed by atoms with van der Waals surface area (Å²) < 4.78 is 20.9. The van der Waals surface area contributed by atoms with Crippen LogP contribution in [0, 0.1) is 12.7 Å². The molecule has 0 fully saturated rings. The molecule has 0 saturated heterocycles. The van der Waals surface area contributed by atoms with Crippen LogP contribution in [0.2, 0.25) is 0 Å². The zero-order chi connectivity index (χ0) is 13.2. The van der Waals surface area contributed by atoms with Gasteiger partial charge in [0.15, 0.2) is 5.82 Å². The second-order valence-electron chi connectivity index (χ2n) is 4.84. The fourth-order valence-electron chi connectivity index (χ4n) is 2.35. The standard InChI is InChI=1S/C14H16FN3O/c1-10-5-6-11(15)8-12(10)19-9-14-17-16-13-4-2-3-7-18(13)14/h5-6,8H,2-4,7,9H2,1H3. The van der Waals surface area contributed by atoms with Crippen LogP contribution >= 0.6 is 0 Å². The lowest BCUT2D eigenvalue weighted by Crippen LogP contribution is -2.14. The van der Waals surface area contributed by atoms with E-state index in [9.17, 15) is 4.39 Å². The summed E-state index contributed by atoms with van der Waals surface area (Å²) in [6.45, 7) is 3.18. The molecule has 2 aromatic rings. The van der Waals surface area contributed by atoms with Crippen LogP contribution in [0.15, 0.2) is 18.2 Å². The van der Waals surface area contributed by atoms with Gasteiger partial charge in [0.05, 0.1) is 0 Å². The van der Waals surface area contributed by atoms with Crippen molar-refractivity contribution in [2.45, 2.75) is 39.3 Å². The fraction of sp³-hybridized carbons (Fsp3) is 0.429. The molecule has 2 heterocycles. The number of benzene rings is 1. The molecule has 0 atom stereocenters. The molecule has 0 bridgehead atoms. The Morgan fingerprint density at radius 2 is 2.21 bits per heavy atom. The summed E-state index contributed by atoms with van der Waals surface area (Å²) in [5.74, 6) is 2.12. The van der Waals surface area contributed by atoms with E-state index < -0.39 is 0 Å². The summed E-state index contributed by atoms with van der Waals surface area (Å²) in [4.78, 5) is 0. The van der Waals surface area contributed by atoms with Crippen LogP contribution in [-0.2, 0) is 19.6 Å². The van der Waals surface area contributed by atoms with E-state index in [2.05, 4.69) is 14.8 Å². The Morgan fingerprint density at radius 1 is 1.32 bits per heavy atom. The van der Waals surface area contributed by atoms with Crippen LogP contribution in [-0.4, -0.2) is 14.8 Å². The van der Waals surface area contributed by atoms with E-state index in [1.54, 1.807) is 6.07 Å². The Bertz CT molecular complexity index is 594. The van der Waals surface area contributed by atoms with Crippen molar-refractivity contribution in [2.75, 3.05) is 0 Å². The minimum Gasteiger partial charge on any atom is -0.485 e. The van der Waals surface area contributed by atoms with Gasteiger partial charge < -0.3 is 9.30 Å². The molecule has 4 nitrogen and oxygen atoms in total. The van der Waals surface area contributed by atoms with Gasteiger partial charge in [-0.25, -0.2) is 4.39 Å². The zero-order valence-electron chi connectivity index (χ0n) is 10.9. The minimum atomic E-state index is -0.288. The van der Waals surface area contributed by atoms with Gasteiger partial charge in [-0.2, -0.15) is 0 Å². The van der Waals surface area contributed by atoms with Gasteiger partial charge >= 0.3 is 0 Å². The largest absolute Gasteiger partial charge is 0.485 e. The molecule has 0 unspecified atom stereocenters. The summed E-state index contributed by atoms with van der Waals surface area (Å²) in [5.41, 5.74) is 0.916. The zero-order valence-corrected chi connectivity index (χ0v) is 10.9. The molecule has 0 aliphatic carbocycles. The highest BCUT2D eigenvalue weighted by Gasteiger charge is 2.16. The van der Waals surface area contributed by atoms with Gasteiger partial charge in [0.2, 0.25) is 0 Å². The van der Waals surface area contributed by atoms with Crippen LogP contribution in [0.1, 0.15) is 30.1 Å². The average molecular weight is 261 g/mol. The van der Waals surface area contributed by atoms with Crippen molar-refractivity contribution in [1.29, 1.82) is 0 Å². The van der Waals surface area contributed by atoms with Crippen LogP contribution < -0.4 is 4.74 Å². The molecule has 0 saturated carbocycles. The third kappa shape index (κ3) is 2.45. The third-order valence-electron chi connectivity index (χ3n) is 3.44. The number of hydrogen-bond acceptors (Lipinski definition) is 3. The molecule has 19 heavy (non-hydrogen) atoms. The monoisotopic (exact) mass is 261 g/mol. The number of fused-ring (bicyclic) bond motifs is 1. The average Bonchev–Trinajstić information content (AvgIpc) is 2.83. The predicted octanol–water partition coefficient (Wildman–Crippen LogP) is 2.64. The smallest absolute Gasteiger partial charge is 0.171 e. The van der Waals surface area contributed by atoms with Gasteiger partial charge in [-0.05, 0) is 31.4 Å². The van der Waals surface area contributed by atoms with Gasteiger partial charge in [-0.15, -0.1) is 10.2 Å². The van der Waals surface area contributed by atoms with Crippen molar-refractivity contribution >= 4 is 0 Å². The summed E-state index contributed by atoms with van der Waals surface area (Å²) in [6.07, 6.45) is 3.30. The number of ether oxygens (including phenoxy) is 1. The van der Waals surface area contributed by atoms with Crippen molar-refractivity contribution in [1.82, 2.24) is 14.8 Å². The molecule has 1 aromatic heterocycles. The van der Waals surface area contributed by atoms with Gasteiger partial charge in [0.1, 0.15) is 24.0 Å². The maximum absolute atomic E-state index is 13.2. The van der Waals surface area contributed by atoms with Gasteiger partial charge in [0.25, 0.3) is 0 Å². The first-order valence-corrected chi connectivity index (χ1v) is 6.54. The normalized spacial score (nSPS) is 14.2. The maximum Gasteiger partial charge on any atom is 0.171 e. The molecular formula is C14H16FN3O. The molecule has 1 aliphatic heterocycles. The van der Waals surface area contributed by atoms with E-state index in [0.717, 1.165) is 36.6 Å². The number of aryl methyl sites for hydroxylation is 2. The van der Waals surface area contributed by atoms with Crippen LogP contribution in [0.5, 0.6) is 5.75 Å². The summed E-state index contributed by atoms with van der Waals surface area (Å²) in [6, 6.07) is 4.55. The van der Waals surface area contributed by atoms with Crippen molar-refractivity contribution in [3.63, 3.8) is 0 Å². The Labute approximate surface area is 111 Å². The van der Waals surface area contributed by atoms with Crippen LogP contribution in [0.4, 0.5) is 4.39 Å². The van der Waals surface area contributed by atoms with Gasteiger partial charge in [-0.1, -0.05) is 6.07 Å². The first-order chi connectivity index (χ1) is 9.24. The SMILES string of the molecule is Cc1ccc(F)cc1OCc1nnc2n1CCCC2. The number of rotatable bonds is 3. The maximum atomic E-state index is 13.2. The molecule has 0 N–H and O–H groups in total. The Morgan fingerprint density at radius 3 is 3.11 bits per heavy atom. The molecule has 0 spiro atoms. The lowest BCUT2D eigenvalue weighted by Gasteiger charge is -2.15. The molecule has 100 valence electrons. The van der Waals surface area contributed by atoms with E-state index in [0.29, 0.717) is 12.4 Å². The number of nitrogens with zero attached hydrogens (tertiary/aromatic N) is 3. The van der Waals surface area contributed by atoms with E-state index in [4.69, 9.17) is 4.74 Å². The van der Waals surface area contributed by atoms with Crippen LogP contribution in [0.25, 0.3) is 0 Å². The Balaban J connectivity index is 1.75. The highest BCUT2D eigenvalue weighted by atomic mass is 19.1. The second kappa shape index (κ2) is 4.99. The van der Waals surface area contributed by atoms with Gasteiger partial charge in [-0.3, -0.25) is 0 Å². The second-order valence-corrected chi connectivity index (χ2v) is 4.84. The molecule has 5 heteroatoms. The third-order valence-corrected chi connectivity index (χ3v) is 3.44. The van der Waals surface area contributed by atoms with E-state index >= 15 is 0 Å². The van der Waals surface area contributed by atoms with Crippen molar-refractivity contribution in [3.05, 3.63) is 41.2 Å². The lowest BCUT2D eigenvalue weighted by molar-refractivity contribution is 0.283. The van der Waals surface area contributed by atoms with E-state index in [-0.39, 0.29) is 5.82 Å². The first-order valence-electron chi connectivity index (χ1n) is 6.54. The summed E-state index contributed by atoms with van der Waals surface area (Å²) in [7, 11) is 0. The molecule has 0 amide bonds. The van der Waals surface area contributed by atoms with Crippen molar-refractivity contribution in [2.24, 2.45) is 0 Å². The number of aromatic nitrogens is 3. The Kier molecular flexibility index (Phi) is 3.19. The molecule has 1 aromatic carbocycles. The van der Waals surface area contributed by atoms with Gasteiger partial charge in [0, 0.05) is 19.0 Å². The van der Waals surface area contributed by atoms with Crippen molar-refractivity contribution in [3.8, 4) is 5.75 Å². The highest BCUT2D eigenvalue weighted by molar-refractivity contribution is 5.32. The fourth-order valence-corrected chi connectivity index (χ4v) is 2.35. The molecule has 3 rings (SSSR count). The van der Waals surface area contributed by atoms with E-state index in [1.807, 2.05) is 6.92 Å². The first kappa shape index (κ1) is 12.1. The molecular weight excluding hydrogens is 245 g/mol. The van der Waals surface area contributed by atoms with E-state index in [1.165, 1.54) is 18.6 Å². The lowest BCUT2D eigenvalue weighted by atomic mass is 10.2.